The van der Waals surface area contributed by atoms with Crippen LogP contribution in [0.5, 0.6) is 5.75 Å². The van der Waals surface area contributed by atoms with Crippen molar-refractivity contribution >= 4 is 11.6 Å². The van der Waals surface area contributed by atoms with Gasteiger partial charge in [0.1, 0.15) is 5.69 Å². The van der Waals surface area contributed by atoms with Crippen LogP contribution in [0.3, 0.4) is 0 Å². The second-order valence-corrected chi connectivity index (χ2v) is 6.91. The molecule has 3 aromatic rings. The molecule has 0 aliphatic carbocycles. The third-order valence-corrected chi connectivity index (χ3v) is 4.94. The predicted molar refractivity (Wildman–Crippen MR) is 98.5 cm³/mol. The molecule has 0 radical (unpaired) electrons. The van der Waals surface area contributed by atoms with Gasteiger partial charge in [0, 0.05) is 24.1 Å². The molecule has 1 aromatic carbocycles. The lowest BCUT2D eigenvalue weighted by Gasteiger charge is -2.16. The van der Waals surface area contributed by atoms with Crippen LogP contribution in [0.4, 0.5) is 0 Å². The molecular formula is C20H22N4O2. The van der Waals surface area contributed by atoms with Crippen molar-refractivity contribution in [1.29, 1.82) is 0 Å². The molecule has 1 fully saturated rings. The van der Waals surface area contributed by atoms with E-state index in [1.807, 2.05) is 35.2 Å². The van der Waals surface area contributed by atoms with Crippen LogP contribution in [0.15, 0.2) is 42.7 Å². The zero-order chi connectivity index (χ0) is 18.1. The van der Waals surface area contributed by atoms with Gasteiger partial charge >= 0.3 is 0 Å². The summed E-state index contributed by atoms with van der Waals surface area (Å²) in [6, 6.07) is 9.88. The molecule has 1 atom stereocenters. The maximum absolute atomic E-state index is 12.5. The Balaban J connectivity index is 1.74. The molecule has 134 valence electrons. The Morgan fingerprint density at radius 1 is 1.27 bits per heavy atom. The number of fused-ring (bicyclic) bond motifs is 1. The normalized spacial score (nSPS) is 17.3. The highest BCUT2D eigenvalue weighted by molar-refractivity contribution is 5.80. The second-order valence-electron chi connectivity index (χ2n) is 6.91. The van der Waals surface area contributed by atoms with Crippen LogP contribution in [-0.4, -0.2) is 37.1 Å². The van der Waals surface area contributed by atoms with E-state index in [1.54, 1.807) is 10.7 Å². The van der Waals surface area contributed by atoms with E-state index in [0.717, 1.165) is 36.2 Å². The number of benzene rings is 1. The second kappa shape index (κ2) is 6.78. The Kier molecular flexibility index (Phi) is 4.32. The van der Waals surface area contributed by atoms with Gasteiger partial charge in [0.25, 0.3) is 0 Å². The van der Waals surface area contributed by atoms with Crippen molar-refractivity contribution in [2.75, 3.05) is 6.54 Å². The average Bonchev–Trinajstić information content (AvgIpc) is 3.16. The van der Waals surface area contributed by atoms with Gasteiger partial charge in [0.05, 0.1) is 18.9 Å². The van der Waals surface area contributed by atoms with Gasteiger partial charge in [-0.05, 0) is 12.3 Å². The van der Waals surface area contributed by atoms with Crippen molar-refractivity contribution in [3.05, 3.63) is 48.3 Å². The summed E-state index contributed by atoms with van der Waals surface area (Å²) in [4.78, 5) is 18.7. The molecule has 3 heterocycles. The molecule has 1 aliphatic heterocycles. The first-order valence-corrected chi connectivity index (χ1v) is 9.05. The van der Waals surface area contributed by atoms with Crippen LogP contribution < -0.4 is 0 Å². The summed E-state index contributed by atoms with van der Waals surface area (Å²) < 4.78 is 1.59. The van der Waals surface area contributed by atoms with Crippen LogP contribution in [-0.2, 0) is 11.3 Å². The minimum atomic E-state index is 0.0615. The van der Waals surface area contributed by atoms with Crippen LogP contribution in [0.2, 0.25) is 0 Å². The van der Waals surface area contributed by atoms with E-state index < -0.39 is 0 Å². The lowest BCUT2D eigenvalue weighted by atomic mass is 10.0. The van der Waals surface area contributed by atoms with Gasteiger partial charge in [0.15, 0.2) is 11.4 Å². The van der Waals surface area contributed by atoms with E-state index in [-0.39, 0.29) is 11.7 Å². The summed E-state index contributed by atoms with van der Waals surface area (Å²) in [6.07, 6.45) is 5.76. The molecule has 2 aromatic heterocycles. The first-order chi connectivity index (χ1) is 12.7. The van der Waals surface area contributed by atoms with Crippen LogP contribution in [0.25, 0.3) is 16.9 Å². The minimum Gasteiger partial charge on any atom is -0.505 e. The average molecular weight is 350 g/mol. The highest BCUT2D eigenvalue weighted by atomic mass is 16.3. The van der Waals surface area contributed by atoms with Crippen molar-refractivity contribution in [3.8, 4) is 17.0 Å². The molecule has 6 heteroatoms. The van der Waals surface area contributed by atoms with Gasteiger partial charge in [-0.1, -0.05) is 43.7 Å². The molecule has 0 bridgehead atoms. The number of rotatable bonds is 5. The molecule has 6 nitrogen and oxygen atoms in total. The Bertz CT molecular complexity index is 936. The zero-order valence-corrected chi connectivity index (χ0v) is 14.8. The van der Waals surface area contributed by atoms with Crippen molar-refractivity contribution in [2.24, 2.45) is 5.92 Å². The number of amides is 1. The van der Waals surface area contributed by atoms with Gasteiger partial charge in [-0.3, -0.25) is 4.79 Å². The molecule has 26 heavy (non-hydrogen) atoms. The third-order valence-electron chi connectivity index (χ3n) is 4.94. The van der Waals surface area contributed by atoms with Gasteiger partial charge in [-0.15, -0.1) is 0 Å². The lowest BCUT2D eigenvalue weighted by molar-refractivity contribution is -0.128. The Labute approximate surface area is 152 Å². The smallest absolute Gasteiger partial charge is 0.223 e. The fraction of sp³-hybridized carbons (Fsp3) is 0.350. The Morgan fingerprint density at radius 3 is 2.85 bits per heavy atom. The molecule has 1 saturated heterocycles. The zero-order valence-electron chi connectivity index (χ0n) is 14.8. The van der Waals surface area contributed by atoms with Crippen molar-refractivity contribution < 1.29 is 9.90 Å². The molecule has 1 unspecified atom stereocenters. The van der Waals surface area contributed by atoms with Gasteiger partial charge in [-0.2, -0.15) is 5.10 Å². The topological polar surface area (TPSA) is 70.7 Å². The number of likely N-dealkylation sites (tertiary alicyclic amines) is 1. The summed E-state index contributed by atoms with van der Waals surface area (Å²) >= 11 is 0. The van der Waals surface area contributed by atoms with E-state index in [1.165, 1.54) is 6.20 Å². The number of carbonyl (C=O) groups excluding carboxylic acids is 1. The standard InChI is InChI=1S/C20H22N4O2/c1-2-6-14-9-18(26)23(11-14)13-17-19(15-7-4-3-5-8-15)22-24-12-16(25)10-21-20(17)24/h3-5,7-8,10,12,14,25H,2,6,9,11,13H2,1H3. The number of carbonyl (C=O) groups is 1. The van der Waals surface area contributed by atoms with Crippen LogP contribution >= 0.6 is 0 Å². The molecule has 0 saturated carbocycles. The predicted octanol–water partition coefficient (Wildman–Crippen LogP) is 3.25. The van der Waals surface area contributed by atoms with Gasteiger partial charge < -0.3 is 10.0 Å². The molecule has 1 aliphatic rings. The number of nitrogens with zero attached hydrogens (tertiary/aromatic N) is 4. The highest BCUT2D eigenvalue weighted by Gasteiger charge is 2.30. The monoisotopic (exact) mass is 350 g/mol. The van der Waals surface area contributed by atoms with Crippen molar-refractivity contribution in [2.45, 2.75) is 32.7 Å². The van der Waals surface area contributed by atoms with E-state index in [4.69, 9.17) is 0 Å². The fourth-order valence-electron chi connectivity index (χ4n) is 3.75. The van der Waals surface area contributed by atoms with Crippen LogP contribution in [0.1, 0.15) is 31.7 Å². The molecule has 4 rings (SSSR count). The summed E-state index contributed by atoms with van der Waals surface area (Å²) in [5, 5.41) is 14.4. The summed E-state index contributed by atoms with van der Waals surface area (Å²) in [5.41, 5.74) is 3.37. The maximum atomic E-state index is 12.5. The number of aromatic hydroxyl groups is 1. The Hall–Kier alpha value is -2.89. The molecule has 1 amide bonds. The third kappa shape index (κ3) is 3.03. The number of hydrogen-bond acceptors (Lipinski definition) is 4. The molecular weight excluding hydrogens is 328 g/mol. The first-order valence-electron chi connectivity index (χ1n) is 9.05. The van der Waals surface area contributed by atoms with Gasteiger partial charge in [0.2, 0.25) is 5.91 Å². The van der Waals surface area contributed by atoms with E-state index in [0.29, 0.717) is 24.5 Å². The SMILES string of the molecule is CCCC1CC(=O)N(Cc2c(-c3ccccc3)nn3cc(O)cnc23)C1. The van der Waals surface area contributed by atoms with E-state index >= 15 is 0 Å². The maximum Gasteiger partial charge on any atom is 0.223 e. The first kappa shape index (κ1) is 16.6. The highest BCUT2D eigenvalue weighted by Crippen LogP contribution is 2.30. The lowest BCUT2D eigenvalue weighted by Crippen LogP contribution is -2.25. The largest absolute Gasteiger partial charge is 0.505 e. The summed E-state index contributed by atoms with van der Waals surface area (Å²) in [7, 11) is 0. The van der Waals surface area contributed by atoms with Crippen LogP contribution in [0, 0.1) is 5.92 Å². The molecule has 1 N–H and O–H groups in total. The van der Waals surface area contributed by atoms with E-state index in [2.05, 4.69) is 17.0 Å². The van der Waals surface area contributed by atoms with E-state index in [9.17, 15) is 9.90 Å². The minimum absolute atomic E-state index is 0.0615. The number of hydrogen-bond donors (Lipinski definition) is 1. The summed E-state index contributed by atoms with van der Waals surface area (Å²) in [5.74, 6) is 0.693. The molecule has 0 spiro atoms. The summed E-state index contributed by atoms with van der Waals surface area (Å²) in [6.45, 7) is 3.43. The van der Waals surface area contributed by atoms with Gasteiger partial charge in [-0.25, -0.2) is 9.50 Å². The fourth-order valence-corrected chi connectivity index (χ4v) is 3.75. The van der Waals surface area contributed by atoms with Crippen molar-refractivity contribution in [1.82, 2.24) is 19.5 Å². The van der Waals surface area contributed by atoms with Crippen molar-refractivity contribution in [3.63, 3.8) is 0 Å². The quantitative estimate of drug-likeness (QED) is 0.767. The number of aromatic nitrogens is 3. The Morgan fingerprint density at radius 2 is 2.08 bits per heavy atom.